The SMILES string of the molecule is NC1(Cc2sccc2Br)CCCCCC1. The van der Waals surface area contributed by atoms with Crippen LogP contribution in [0.5, 0.6) is 0 Å². The third-order valence-corrected chi connectivity index (χ3v) is 5.23. The van der Waals surface area contributed by atoms with Gasteiger partial charge < -0.3 is 5.73 Å². The molecule has 0 spiro atoms. The molecule has 0 bridgehead atoms. The predicted octanol–water partition coefficient (Wildman–Crippen LogP) is 4.10. The molecule has 84 valence electrons. The zero-order valence-electron chi connectivity index (χ0n) is 8.97. The van der Waals surface area contributed by atoms with Crippen molar-refractivity contribution in [1.82, 2.24) is 0 Å². The zero-order chi connectivity index (χ0) is 10.7. The van der Waals surface area contributed by atoms with Crippen molar-refractivity contribution in [3.8, 4) is 0 Å². The summed E-state index contributed by atoms with van der Waals surface area (Å²) in [5, 5.41) is 2.14. The maximum Gasteiger partial charge on any atom is 0.0315 e. The largest absolute Gasteiger partial charge is 0.325 e. The van der Waals surface area contributed by atoms with Crippen LogP contribution in [0.3, 0.4) is 0 Å². The molecule has 1 fully saturated rings. The number of halogens is 1. The summed E-state index contributed by atoms with van der Waals surface area (Å²) in [6.07, 6.45) is 8.77. The number of nitrogens with two attached hydrogens (primary N) is 1. The second-order valence-electron chi connectivity index (χ2n) is 4.65. The molecule has 1 aromatic heterocycles. The quantitative estimate of drug-likeness (QED) is 0.814. The minimum atomic E-state index is 0.0594. The van der Waals surface area contributed by atoms with Crippen LogP contribution >= 0.6 is 27.3 Å². The van der Waals surface area contributed by atoms with Gasteiger partial charge in [-0.1, -0.05) is 25.7 Å². The van der Waals surface area contributed by atoms with Crippen LogP contribution in [0.4, 0.5) is 0 Å². The van der Waals surface area contributed by atoms with E-state index in [0.29, 0.717) is 0 Å². The van der Waals surface area contributed by atoms with E-state index in [2.05, 4.69) is 27.4 Å². The first-order valence-corrected chi connectivity index (χ1v) is 7.38. The first kappa shape index (κ1) is 11.6. The molecule has 0 aliphatic heterocycles. The van der Waals surface area contributed by atoms with Crippen molar-refractivity contribution < 1.29 is 0 Å². The van der Waals surface area contributed by atoms with E-state index in [0.717, 1.165) is 6.42 Å². The molecule has 3 heteroatoms. The molecular formula is C12H18BrNS. The van der Waals surface area contributed by atoms with Gasteiger partial charge in [0.25, 0.3) is 0 Å². The van der Waals surface area contributed by atoms with Gasteiger partial charge in [0.2, 0.25) is 0 Å². The highest BCUT2D eigenvalue weighted by Crippen LogP contribution is 2.32. The fourth-order valence-corrected chi connectivity index (χ4v) is 4.03. The van der Waals surface area contributed by atoms with E-state index in [1.807, 2.05) is 11.3 Å². The normalized spacial score (nSPS) is 21.2. The van der Waals surface area contributed by atoms with Crippen molar-refractivity contribution in [2.75, 3.05) is 0 Å². The fraction of sp³-hybridized carbons (Fsp3) is 0.667. The summed E-state index contributed by atoms with van der Waals surface area (Å²) in [6.45, 7) is 0. The van der Waals surface area contributed by atoms with Gasteiger partial charge in [0.1, 0.15) is 0 Å². The molecule has 1 saturated carbocycles. The Kier molecular flexibility index (Phi) is 3.86. The molecule has 1 nitrogen and oxygen atoms in total. The minimum absolute atomic E-state index is 0.0594. The third kappa shape index (κ3) is 3.05. The van der Waals surface area contributed by atoms with Gasteiger partial charge >= 0.3 is 0 Å². The predicted molar refractivity (Wildman–Crippen MR) is 70.3 cm³/mol. The van der Waals surface area contributed by atoms with E-state index in [9.17, 15) is 0 Å². The molecule has 0 saturated heterocycles. The average Bonchev–Trinajstić information content (AvgIpc) is 2.48. The van der Waals surface area contributed by atoms with Gasteiger partial charge in [-0.25, -0.2) is 0 Å². The lowest BCUT2D eigenvalue weighted by molar-refractivity contribution is 0.371. The number of thiophene rings is 1. The smallest absolute Gasteiger partial charge is 0.0315 e. The first-order valence-electron chi connectivity index (χ1n) is 5.70. The monoisotopic (exact) mass is 287 g/mol. The lowest BCUT2D eigenvalue weighted by Crippen LogP contribution is -2.41. The second-order valence-corrected chi connectivity index (χ2v) is 6.50. The van der Waals surface area contributed by atoms with Crippen molar-refractivity contribution in [2.45, 2.75) is 50.5 Å². The Morgan fingerprint density at radius 2 is 1.93 bits per heavy atom. The molecule has 2 rings (SSSR count). The van der Waals surface area contributed by atoms with Crippen molar-refractivity contribution in [3.63, 3.8) is 0 Å². The molecule has 0 unspecified atom stereocenters. The second kappa shape index (κ2) is 4.98. The third-order valence-electron chi connectivity index (χ3n) is 3.30. The van der Waals surface area contributed by atoms with Crippen LogP contribution in [0.15, 0.2) is 15.9 Å². The standard InChI is InChI=1S/C12H18BrNS/c13-10-5-8-15-11(10)9-12(14)6-3-1-2-4-7-12/h5,8H,1-4,6-7,9,14H2. The van der Waals surface area contributed by atoms with Crippen LogP contribution in [0.2, 0.25) is 0 Å². The number of hydrogen-bond acceptors (Lipinski definition) is 2. The molecule has 0 radical (unpaired) electrons. The summed E-state index contributed by atoms with van der Waals surface area (Å²) in [5.41, 5.74) is 6.56. The van der Waals surface area contributed by atoms with Crippen molar-refractivity contribution >= 4 is 27.3 Å². The lowest BCUT2D eigenvalue weighted by Gasteiger charge is -2.27. The summed E-state index contributed by atoms with van der Waals surface area (Å²) in [5.74, 6) is 0. The topological polar surface area (TPSA) is 26.0 Å². The molecule has 2 N–H and O–H groups in total. The maximum atomic E-state index is 6.51. The van der Waals surface area contributed by atoms with Gasteiger partial charge in [0.05, 0.1) is 0 Å². The molecule has 15 heavy (non-hydrogen) atoms. The highest BCUT2D eigenvalue weighted by Gasteiger charge is 2.27. The molecule has 0 atom stereocenters. The minimum Gasteiger partial charge on any atom is -0.325 e. The van der Waals surface area contributed by atoms with Crippen molar-refractivity contribution in [3.05, 3.63) is 20.8 Å². The first-order chi connectivity index (χ1) is 7.20. The summed E-state index contributed by atoms with van der Waals surface area (Å²) in [4.78, 5) is 1.42. The lowest BCUT2D eigenvalue weighted by atomic mass is 9.87. The van der Waals surface area contributed by atoms with Crippen LogP contribution in [-0.4, -0.2) is 5.54 Å². The maximum absolute atomic E-state index is 6.51. The molecule has 0 amide bonds. The number of rotatable bonds is 2. The Balaban J connectivity index is 2.05. The Bertz CT molecular complexity index is 313. The Morgan fingerprint density at radius 1 is 1.27 bits per heavy atom. The van der Waals surface area contributed by atoms with Crippen molar-refractivity contribution in [1.29, 1.82) is 0 Å². The summed E-state index contributed by atoms with van der Waals surface area (Å²) >= 11 is 5.41. The summed E-state index contributed by atoms with van der Waals surface area (Å²) in [7, 11) is 0. The van der Waals surface area contributed by atoms with Crippen LogP contribution in [-0.2, 0) is 6.42 Å². The van der Waals surface area contributed by atoms with E-state index in [1.54, 1.807) is 0 Å². The van der Waals surface area contributed by atoms with E-state index in [4.69, 9.17) is 5.73 Å². The van der Waals surface area contributed by atoms with Gasteiger partial charge in [0.15, 0.2) is 0 Å². The summed E-state index contributed by atoms with van der Waals surface area (Å²) < 4.78 is 1.24. The van der Waals surface area contributed by atoms with Crippen LogP contribution in [0.25, 0.3) is 0 Å². The van der Waals surface area contributed by atoms with E-state index in [-0.39, 0.29) is 5.54 Å². The molecule has 0 aromatic carbocycles. The molecule has 1 aliphatic carbocycles. The van der Waals surface area contributed by atoms with E-state index < -0.39 is 0 Å². The van der Waals surface area contributed by atoms with E-state index in [1.165, 1.54) is 47.9 Å². The van der Waals surface area contributed by atoms with Crippen LogP contribution in [0, 0.1) is 0 Å². The summed E-state index contributed by atoms with van der Waals surface area (Å²) in [6, 6.07) is 2.13. The van der Waals surface area contributed by atoms with Crippen LogP contribution in [0.1, 0.15) is 43.4 Å². The average molecular weight is 288 g/mol. The molecular weight excluding hydrogens is 270 g/mol. The Hall–Kier alpha value is 0.140. The Morgan fingerprint density at radius 3 is 2.47 bits per heavy atom. The molecule has 1 heterocycles. The van der Waals surface area contributed by atoms with E-state index >= 15 is 0 Å². The van der Waals surface area contributed by atoms with Crippen molar-refractivity contribution in [2.24, 2.45) is 5.73 Å². The zero-order valence-corrected chi connectivity index (χ0v) is 11.4. The van der Waals surface area contributed by atoms with Gasteiger partial charge in [-0.3, -0.25) is 0 Å². The number of hydrogen-bond donors (Lipinski definition) is 1. The van der Waals surface area contributed by atoms with Crippen LogP contribution < -0.4 is 5.73 Å². The highest BCUT2D eigenvalue weighted by molar-refractivity contribution is 9.10. The molecule has 1 aromatic rings. The van der Waals surface area contributed by atoms with Gasteiger partial charge in [-0.2, -0.15) is 0 Å². The fourth-order valence-electron chi connectivity index (χ4n) is 2.38. The van der Waals surface area contributed by atoms with Gasteiger partial charge in [0, 0.05) is 21.3 Å². The highest BCUT2D eigenvalue weighted by atomic mass is 79.9. The Labute approximate surface area is 104 Å². The molecule has 1 aliphatic rings. The van der Waals surface area contributed by atoms with Gasteiger partial charge in [-0.15, -0.1) is 11.3 Å². The van der Waals surface area contributed by atoms with Gasteiger partial charge in [-0.05, 0) is 40.2 Å².